The molecule has 58 heavy (non-hydrogen) atoms. The van der Waals surface area contributed by atoms with Crippen LogP contribution >= 0.6 is 90.7 Å². The molecule has 0 unspecified atom stereocenters. The lowest BCUT2D eigenvalue weighted by Gasteiger charge is -2.04. The Hall–Kier alpha value is -3.96. The second-order valence-electron chi connectivity index (χ2n) is 14.3. The van der Waals surface area contributed by atoms with Crippen LogP contribution in [0.2, 0.25) is 0 Å². The fourth-order valence-corrected chi connectivity index (χ4v) is 16.0. The fourth-order valence-electron chi connectivity index (χ4n) is 7.18. The molecule has 2 aromatic carbocycles. The third-order valence-corrected chi connectivity index (χ3v) is 20.3. The zero-order valence-electron chi connectivity index (χ0n) is 32.4. The van der Waals surface area contributed by atoms with Gasteiger partial charge in [-0.1, -0.05) is 62.4 Å². The number of rotatable bonds is 11. The minimum absolute atomic E-state index is 1.04. The molecule has 0 radical (unpaired) electrons. The Balaban J connectivity index is 1.05. The van der Waals surface area contributed by atoms with Crippen LogP contribution in [-0.2, 0) is 12.8 Å². The molecule has 286 valence electrons. The van der Waals surface area contributed by atoms with Gasteiger partial charge in [0.2, 0.25) is 0 Å². The Labute approximate surface area is 372 Å². The van der Waals surface area contributed by atoms with Gasteiger partial charge in [0.05, 0.1) is 9.75 Å². The highest BCUT2D eigenvalue weighted by atomic mass is 32.1. The van der Waals surface area contributed by atoms with Gasteiger partial charge in [0.1, 0.15) is 0 Å². The smallest absolute Gasteiger partial charge is 0.0528 e. The molecule has 0 saturated carbocycles. The van der Waals surface area contributed by atoms with Crippen molar-refractivity contribution < 1.29 is 0 Å². The van der Waals surface area contributed by atoms with Gasteiger partial charge in [0, 0.05) is 79.4 Å². The second kappa shape index (κ2) is 16.2. The Morgan fingerprint density at radius 2 is 0.586 bits per heavy atom. The summed E-state index contributed by atoms with van der Waals surface area (Å²) in [7, 11) is 0. The van der Waals surface area contributed by atoms with Crippen molar-refractivity contribution >= 4 is 90.7 Å². The monoisotopic (exact) mass is 894 g/mol. The molecule has 0 nitrogen and oxygen atoms in total. The highest BCUT2D eigenvalue weighted by molar-refractivity contribution is 7.32. The van der Waals surface area contributed by atoms with Crippen molar-refractivity contribution in [2.24, 2.45) is 0 Å². The summed E-state index contributed by atoms with van der Waals surface area (Å²) >= 11 is 15.3. The summed E-state index contributed by atoms with van der Waals surface area (Å²) in [5.74, 6) is 0. The van der Waals surface area contributed by atoms with Crippen molar-refractivity contribution in [2.75, 3.05) is 0 Å². The SMILES string of the molecule is CCc1ccc(-c2cc(-c3cc(-c4ccc(CC)cc4)c(-c4ccc(-c5ccc(-c6ccc(C)s6)s5)s4)s3)sc2-c2ccc(-c3ccc(-c4ccc(C)s4)s3)s2)cc1. The van der Waals surface area contributed by atoms with Gasteiger partial charge in [0.15, 0.2) is 0 Å². The highest BCUT2D eigenvalue weighted by Gasteiger charge is 2.22. The summed E-state index contributed by atoms with van der Waals surface area (Å²) in [5.41, 5.74) is 7.91. The van der Waals surface area contributed by atoms with Gasteiger partial charge in [-0.15, -0.1) is 90.7 Å². The van der Waals surface area contributed by atoms with Gasteiger partial charge >= 0.3 is 0 Å². The van der Waals surface area contributed by atoms with E-state index in [4.69, 9.17) is 0 Å². The van der Waals surface area contributed by atoms with E-state index in [-0.39, 0.29) is 0 Å². The Morgan fingerprint density at radius 1 is 0.293 bits per heavy atom. The van der Waals surface area contributed by atoms with Crippen LogP contribution in [0.3, 0.4) is 0 Å². The van der Waals surface area contributed by atoms with E-state index < -0.39 is 0 Å². The first kappa shape index (κ1) is 38.3. The zero-order valence-corrected chi connectivity index (χ0v) is 38.9. The minimum Gasteiger partial charge on any atom is -0.140 e. The van der Waals surface area contributed by atoms with Crippen LogP contribution in [0.25, 0.3) is 90.5 Å². The maximum atomic E-state index is 2.46. The first-order chi connectivity index (χ1) is 28.4. The van der Waals surface area contributed by atoms with E-state index in [1.54, 1.807) is 0 Å². The highest BCUT2D eigenvalue weighted by Crippen LogP contribution is 2.53. The molecule has 10 rings (SSSR count). The first-order valence-electron chi connectivity index (χ1n) is 19.4. The van der Waals surface area contributed by atoms with Gasteiger partial charge in [0.25, 0.3) is 0 Å². The van der Waals surface area contributed by atoms with Crippen molar-refractivity contribution in [3.63, 3.8) is 0 Å². The summed E-state index contributed by atoms with van der Waals surface area (Å²) in [4.78, 5) is 21.4. The fraction of sp³-hybridized carbons (Fsp3) is 0.120. The molecule has 8 aromatic heterocycles. The maximum absolute atomic E-state index is 2.46. The predicted molar refractivity (Wildman–Crippen MR) is 267 cm³/mol. The lowest BCUT2D eigenvalue weighted by Crippen LogP contribution is -1.81. The minimum atomic E-state index is 1.04. The van der Waals surface area contributed by atoms with Gasteiger partial charge in [-0.25, -0.2) is 0 Å². The molecule has 8 heteroatoms. The largest absolute Gasteiger partial charge is 0.140 e. The molecule has 0 saturated heterocycles. The van der Waals surface area contributed by atoms with E-state index in [0.717, 1.165) is 12.8 Å². The van der Waals surface area contributed by atoms with Gasteiger partial charge in [-0.05, 0) is 134 Å². The topological polar surface area (TPSA) is 0 Å². The van der Waals surface area contributed by atoms with Crippen LogP contribution in [-0.4, -0.2) is 0 Å². The van der Waals surface area contributed by atoms with Crippen molar-refractivity contribution in [3.05, 3.63) is 154 Å². The van der Waals surface area contributed by atoms with Crippen LogP contribution in [0, 0.1) is 13.8 Å². The molecule has 0 spiro atoms. The van der Waals surface area contributed by atoms with E-state index in [9.17, 15) is 0 Å². The molecular weight excluding hydrogens is 857 g/mol. The summed E-state index contributed by atoms with van der Waals surface area (Å²) < 4.78 is 0. The summed E-state index contributed by atoms with van der Waals surface area (Å²) in [6, 6.07) is 50.8. The van der Waals surface area contributed by atoms with Crippen molar-refractivity contribution in [2.45, 2.75) is 40.5 Å². The zero-order chi connectivity index (χ0) is 39.3. The molecule has 0 fully saturated rings. The van der Waals surface area contributed by atoms with Gasteiger partial charge < -0.3 is 0 Å². The number of benzene rings is 2. The summed E-state index contributed by atoms with van der Waals surface area (Å²) in [6.45, 7) is 8.83. The maximum Gasteiger partial charge on any atom is 0.0528 e. The van der Waals surface area contributed by atoms with E-state index in [1.807, 2.05) is 90.7 Å². The third kappa shape index (κ3) is 7.55. The van der Waals surface area contributed by atoms with Crippen LogP contribution in [0.4, 0.5) is 0 Å². The van der Waals surface area contributed by atoms with Crippen LogP contribution in [0.5, 0.6) is 0 Å². The molecule has 0 amide bonds. The van der Waals surface area contributed by atoms with E-state index in [1.165, 1.54) is 111 Å². The third-order valence-electron chi connectivity index (χ3n) is 10.4. The molecule has 0 atom stereocenters. The average molecular weight is 895 g/mol. The lowest BCUT2D eigenvalue weighted by atomic mass is 10.0. The molecule has 0 aliphatic carbocycles. The van der Waals surface area contributed by atoms with Crippen molar-refractivity contribution in [1.29, 1.82) is 0 Å². The Bertz CT molecular complexity index is 2790. The lowest BCUT2D eigenvalue weighted by molar-refractivity contribution is 1.14. The van der Waals surface area contributed by atoms with Crippen molar-refractivity contribution in [3.8, 4) is 90.5 Å². The molecule has 0 aliphatic rings. The first-order valence-corrected chi connectivity index (χ1v) is 25.9. The standard InChI is InChI=1S/C50H38S8/c1-5-31-9-13-33(14-10-31)35-27-47(57-49(35)45-25-23-43(55-45)41-21-19-39(53-41)37-17-7-29(3)51-37)48-28-36(34-15-11-32(6-2)12-16-34)50(58-48)46-26-24-44(56-46)42-22-20-40(54-42)38-18-8-30(4)52-38/h7-28H,5-6H2,1-4H3. The molecular formula is C50H38S8. The summed E-state index contributed by atoms with van der Waals surface area (Å²) in [6.07, 6.45) is 2.08. The summed E-state index contributed by atoms with van der Waals surface area (Å²) in [5, 5.41) is 0. The quantitative estimate of drug-likeness (QED) is 0.121. The number of hydrogen-bond donors (Lipinski definition) is 0. The van der Waals surface area contributed by atoms with Crippen LogP contribution in [0.15, 0.2) is 133 Å². The predicted octanol–water partition coefficient (Wildman–Crippen LogP) is 18.9. The normalized spacial score (nSPS) is 11.6. The molecule has 10 aromatic rings. The molecule has 8 heterocycles. The molecule has 0 N–H and O–H groups in total. The van der Waals surface area contributed by atoms with Gasteiger partial charge in [-0.3, -0.25) is 0 Å². The Morgan fingerprint density at radius 3 is 0.897 bits per heavy atom. The van der Waals surface area contributed by atoms with Gasteiger partial charge in [-0.2, -0.15) is 0 Å². The number of hydrogen-bond acceptors (Lipinski definition) is 8. The van der Waals surface area contributed by atoms with E-state index in [0.29, 0.717) is 0 Å². The number of aryl methyl sites for hydroxylation is 4. The molecule has 0 aliphatic heterocycles. The van der Waals surface area contributed by atoms with E-state index in [2.05, 4.69) is 161 Å². The van der Waals surface area contributed by atoms with Crippen molar-refractivity contribution in [1.82, 2.24) is 0 Å². The van der Waals surface area contributed by atoms with Crippen LogP contribution in [0.1, 0.15) is 34.7 Å². The van der Waals surface area contributed by atoms with Crippen LogP contribution < -0.4 is 0 Å². The second-order valence-corrected chi connectivity index (χ2v) is 23.3. The molecule has 0 bridgehead atoms. The van der Waals surface area contributed by atoms with E-state index >= 15 is 0 Å². The number of thiophene rings is 8. The average Bonchev–Trinajstić information content (AvgIpc) is 4.10. The Kier molecular flexibility index (Phi) is 10.7.